The van der Waals surface area contributed by atoms with Crippen LogP contribution in [0, 0.1) is 12.7 Å². The van der Waals surface area contributed by atoms with Crippen LogP contribution in [0.4, 0.5) is 4.39 Å². The van der Waals surface area contributed by atoms with Gasteiger partial charge in [0.25, 0.3) is 0 Å². The van der Waals surface area contributed by atoms with E-state index in [1.807, 2.05) is 18.4 Å². The fourth-order valence-corrected chi connectivity index (χ4v) is 2.37. The molecular formula is C12H9FOS. The highest BCUT2D eigenvalue weighted by Crippen LogP contribution is 2.29. The third-order valence-electron chi connectivity index (χ3n) is 2.25. The quantitative estimate of drug-likeness (QED) is 0.706. The van der Waals surface area contributed by atoms with Crippen molar-refractivity contribution in [2.75, 3.05) is 0 Å². The Morgan fingerprint density at radius 3 is 2.73 bits per heavy atom. The number of carbonyl (C=O) groups is 1. The van der Waals surface area contributed by atoms with Gasteiger partial charge in [0.2, 0.25) is 0 Å². The minimum absolute atomic E-state index is 0.111. The summed E-state index contributed by atoms with van der Waals surface area (Å²) in [6.07, 6.45) is 0.543. The molecule has 1 nitrogen and oxygen atoms in total. The second kappa shape index (κ2) is 3.95. The van der Waals surface area contributed by atoms with E-state index in [4.69, 9.17) is 0 Å². The first-order valence-corrected chi connectivity index (χ1v) is 5.39. The highest BCUT2D eigenvalue weighted by molar-refractivity contribution is 7.13. The van der Waals surface area contributed by atoms with Gasteiger partial charge in [-0.3, -0.25) is 4.79 Å². The van der Waals surface area contributed by atoms with E-state index in [1.54, 1.807) is 23.5 Å². The van der Waals surface area contributed by atoms with E-state index in [1.165, 1.54) is 6.07 Å². The van der Waals surface area contributed by atoms with Gasteiger partial charge in [-0.05, 0) is 41.6 Å². The average molecular weight is 220 g/mol. The lowest BCUT2D eigenvalue weighted by Crippen LogP contribution is -1.88. The molecule has 0 aliphatic heterocycles. The van der Waals surface area contributed by atoms with Crippen molar-refractivity contribution in [3.8, 4) is 10.4 Å². The molecule has 0 atom stereocenters. The Hall–Kier alpha value is -1.48. The van der Waals surface area contributed by atoms with Crippen molar-refractivity contribution >= 4 is 17.6 Å². The Bertz CT molecular complexity index is 502. The zero-order chi connectivity index (χ0) is 10.8. The number of halogens is 1. The van der Waals surface area contributed by atoms with Crippen LogP contribution in [-0.2, 0) is 0 Å². The number of aryl methyl sites for hydroxylation is 1. The molecule has 2 rings (SSSR count). The van der Waals surface area contributed by atoms with Crippen molar-refractivity contribution in [3.63, 3.8) is 0 Å². The van der Waals surface area contributed by atoms with E-state index in [-0.39, 0.29) is 5.56 Å². The summed E-state index contributed by atoms with van der Waals surface area (Å²) in [6.45, 7) is 2.00. The van der Waals surface area contributed by atoms with Gasteiger partial charge in [-0.1, -0.05) is 6.07 Å². The van der Waals surface area contributed by atoms with Crippen molar-refractivity contribution in [1.29, 1.82) is 0 Å². The SMILES string of the molecule is Cc1ccsc1-c1ccc(F)c(C=O)c1. The first-order valence-electron chi connectivity index (χ1n) is 4.51. The molecule has 0 saturated heterocycles. The molecule has 1 aromatic carbocycles. The third-order valence-corrected chi connectivity index (χ3v) is 3.31. The maximum Gasteiger partial charge on any atom is 0.153 e. The summed E-state index contributed by atoms with van der Waals surface area (Å²) in [5, 5.41) is 1.98. The van der Waals surface area contributed by atoms with Gasteiger partial charge in [0.1, 0.15) is 5.82 Å². The molecule has 0 radical (unpaired) electrons. The van der Waals surface area contributed by atoms with Gasteiger partial charge in [0, 0.05) is 4.88 Å². The second-order valence-corrected chi connectivity index (χ2v) is 4.20. The monoisotopic (exact) mass is 220 g/mol. The van der Waals surface area contributed by atoms with Gasteiger partial charge in [-0.2, -0.15) is 0 Å². The molecule has 0 saturated carbocycles. The molecular weight excluding hydrogens is 211 g/mol. The van der Waals surface area contributed by atoms with Crippen molar-refractivity contribution < 1.29 is 9.18 Å². The molecule has 0 bridgehead atoms. The number of rotatable bonds is 2. The fourth-order valence-electron chi connectivity index (χ4n) is 1.44. The fraction of sp³-hybridized carbons (Fsp3) is 0.0833. The van der Waals surface area contributed by atoms with Crippen LogP contribution in [0.3, 0.4) is 0 Å². The first-order chi connectivity index (χ1) is 7.22. The number of carbonyl (C=O) groups excluding carboxylic acids is 1. The molecule has 1 heterocycles. The van der Waals surface area contributed by atoms with E-state index in [0.717, 1.165) is 16.0 Å². The summed E-state index contributed by atoms with van der Waals surface area (Å²) in [5.41, 5.74) is 2.15. The second-order valence-electron chi connectivity index (χ2n) is 3.29. The molecule has 1 aromatic heterocycles. The molecule has 0 aliphatic rings. The van der Waals surface area contributed by atoms with Crippen LogP contribution in [0.15, 0.2) is 29.6 Å². The lowest BCUT2D eigenvalue weighted by atomic mass is 10.1. The van der Waals surface area contributed by atoms with Gasteiger partial charge in [0.05, 0.1) is 5.56 Å². The predicted molar refractivity (Wildman–Crippen MR) is 59.8 cm³/mol. The summed E-state index contributed by atoms with van der Waals surface area (Å²) in [6, 6.07) is 6.62. The Morgan fingerprint density at radius 2 is 2.13 bits per heavy atom. The Labute approximate surface area is 91.2 Å². The number of aldehydes is 1. The van der Waals surface area contributed by atoms with Crippen molar-refractivity contribution in [3.05, 3.63) is 46.6 Å². The van der Waals surface area contributed by atoms with Crippen LogP contribution in [0.1, 0.15) is 15.9 Å². The summed E-state index contributed by atoms with van der Waals surface area (Å²) < 4.78 is 13.1. The van der Waals surface area contributed by atoms with Crippen LogP contribution in [-0.4, -0.2) is 6.29 Å². The van der Waals surface area contributed by atoms with Gasteiger partial charge >= 0.3 is 0 Å². The Morgan fingerprint density at radius 1 is 1.33 bits per heavy atom. The van der Waals surface area contributed by atoms with Gasteiger partial charge < -0.3 is 0 Å². The van der Waals surface area contributed by atoms with E-state index in [2.05, 4.69) is 0 Å². The molecule has 0 spiro atoms. The first kappa shape index (κ1) is 10.1. The minimum atomic E-state index is -0.469. The molecule has 15 heavy (non-hydrogen) atoms. The molecule has 0 unspecified atom stereocenters. The Kier molecular flexibility index (Phi) is 2.64. The van der Waals surface area contributed by atoms with Crippen LogP contribution >= 0.6 is 11.3 Å². The maximum atomic E-state index is 13.1. The summed E-state index contributed by atoms with van der Waals surface area (Å²) in [7, 11) is 0. The van der Waals surface area contributed by atoms with Crippen LogP contribution in [0.5, 0.6) is 0 Å². The zero-order valence-electron chi connectivity index (χ0n) is 8.16. The summed E-state index contributed by atoms with van der Waals surface area (Å²) in [5.74, 6) is -0.469. The van der Waals surface area contributed by atoms with Gasteiger partial charge in [0.15, 0.2) is 6.29 Å². The average Bonchev–Trinajstić information content (AvgIpc) is 2.65. The third kappa shape index (κ3) is 1.83. The van der Waals surface area contributed by atoms with Gasteiger partial charge in [-0.25, -0.2) is 4.39 Å². The molecule has 0 fully saturated rings. The van der Waals surface area contributed by atoms with Crippen LogP contribution in [0.25, 0.3) is 10.4 Å². The lowest BCUT2D eigenvalue weighted by molar-refractivity contribution is 0.112. The predicted octanol–water partition coefficient (Wildman–Crippen LogP) is 3.68. The standard InChI is InChI=1S/C12H9FOS/c1-8-4-5-15-12(8)9-2-3-11(13)10(6-9)7-14/h2-7H,1H3. The highest BCUT2D eigenvalue weighted by Gasteiger charge is 2.07. The zero-order valence-corrected chi connectivity index (χ0v) is 8.98. The Balaban J connectivity index is 2.55. The van der Waals surface area contributed by atoms with E-state index in [9.17, 15) is 9.18 Å². The van der Waals surface area contributed by atoms with Crippen LogP contribution < -0.4 is 0 Å². The topological polar surface area (TPSA) is 17.1 Å². The molecule has 76 valence electrons. The van der Waals surface area contributed by atoms with E-state index < -0.39 is 5.82 Å². The molecule has 3 heteroatoms. The lowest BCUT2D eigenvalue weighted by Gasteiger charge is -2.01. The number of hydrogen-bond donors (Lipinski definition) is 0. The maximum absolute atomic E-state index is 13.1. The minimum Gasteiger partial charge on any atom is -0.298 e. The van der Waals surface area contributed by atoms with Crippen molar-refractivity contribution in [2.45, 2.75) is 6.92 Å². The number of benzene rings is 1. The van der Waals surface area contributed by atoms with E-state index >= 15 is 0 Å². The number of hydrogen-bond acceptors (Lipinski definition) is 2. The van der Waals surface area contributed by atoms with E-state index in [0.29, 0.717) is 6.29 Å². The number of thiophene rings is 1. The normalized spacial score (nSPS) is 10.3. The highest BCUT2D eigenvalue weighted by atomic mass is 32.1. The molecule has 2 aromatic rings. The van der Waals surface area contributed by atoms with Crippen molar-refractivity contribution in [1.82, 2.24) is 0 Å². The van der Waals surface area contributed by atoms with Crippen molar-refractivity contribution in [2.24, 2.45) is 0 Å². The molecule has 0 amide bonds. The molecule has 0 aliphatic carbocycles. The van der Waals surface area contributed by atoms with Gasteiger partial charge in [-0.15, -0.1) is 11.3 Å². The smallest absolute Gasteiger partial charge is 0.153 e. The summed E-state index contributed by atoms with van der Waals surface area (Å²) >= 11 is 1.59. The molecule has 0 N–H and O–H groups in total. The van der Waals surface area contributed by atoms with Crippen LogP contribution in [0.2, 0.25) is 0 Å². The largest absolute Gasteiger partial charge is 0.298 e. The summed E-state index contributed by atoms with van der Waals surface area (Å²) in [4.78, 5) is 11.7.